The third-order valence-corrected chi connectivity index (χ3v) is 3.18. The first kappa shape index (κ1) is 12.2. The molecular weight excluding hydrogens is 240 g/mol. The maximum atomic E-state index is 11.5. The fourth-order valence-electron chi connectivity index (χ4n) is 1.63. The summed E-state index contributed by atoms with van der Waals surface area (Å²) in [4.78, 5) is 15.3. The third kappa shape index (κ3) is 3.60. The molecule has 0 aliphatic heterocycles. The standard InChI is InChI=1S/C12H15ClN2O2/c13-12-10(5-2-6-14-12)17-8-11(16)15-7-9-3-1-4-9/h2,5-6,9H,1,3-4,7-8H2,(H,15,16). The first-order chi connectivity index (χ1) is 8.25. The highest BCUT2D eigenvalue weighted by Crippen LogP contribution is 2.25. The summed E-state index contributed by atoms with van der Waals surface area (Å²) in [5.74, 6) is 0.978. The lowest BCUT2D eigenvalue weighted by Gasteiger charge is -2.25. The van der Waals surface area contributed by atoms with E-state index in [0.29, 0.717) is 11.7 Å². The molecule has 4 nitrogen and oxygen atoms in total. The number of hydrogen-bond donors (Lipinski definition) is 1. The smallest absolute Gasteiger partial charge is 0.257 e. The van der Waals surface area contributed by atoms with E-state index in [2.05, 4.69) is 10.3 Å². The molecule has 0 saturated heterocycles. The molecule has 1 aliphatic carbocycles. The van der Waals surface area contributed by atoms with Gasteiger partial charge in [-0.1, -0.05) is 18.0 Å². The Morgan fingerprint density at radius 2 is 2.41 bits per heavy atom. The predicted octanol–water partition coefficient (Wildman–Crippen LogP) is 2.03. The summed E-state index contributed by atoms with van der Waals surface area (Å²) in [6, 6.07) is 3.40. The molecule has 1 amide bonds. The van der Waals surface area contributed by atoms with E-state index >= 15 is 0 Å². The Hall–Kier alpha value is -1.29. The summed E-state index contributed by atoms with van der Waals surface area (Å²) >= 11 is 5.80. The van der Waals surface area contributed by atoms with Crippen LogP contribution >= 0.6 is 11.6 Å². The molecule has 5 heteroatoms. The van der Waals surface area contributed by atoms with E-state index in [4.69, 9.17) is 16.3 Å². The quantitative estimate of drug-likeness (QED) is 0.818. The van der Waals surface area contributed by atoms with Crippen molar-refractivity contribution in [1.82, 2.24) is 10.3 Å². The highest BCUT2D eigenvalue weighted by atomic mass is 35.5. The molecule has 92 valence electrons. The van der Waals surface area contributed by atoms with Gasteiger partial charge in [0.1, 0.15) is 0 Å². The monoisotopic (exact) mass is 254 g/mol. The number of hydrogen-bond acceptors (Lipinski definition) is 3. The van der Waals surface area contributed by atoms with Gasteiger partial charge in [0.2, 0.25) is 0 Å². The largest absolute Gasteiger partial charge is 0.481 e. The van der Waals surface area contributed by atoms with Gasteiger partial charge >= 0.3 is 0 Å². The van der Waals surface area contributed by atoms with Crippen molar-refractivity contribution in [2.45, 2.75) is 19.3 Å². The maximum Gasteiger partial charge on any atom is 0.257 e. The molecule has 1 N–H and O–H groups in total. The van der Waals surface area contributed by atoms with Crippen molar-refractivity contribution in [1.29, 1.82) is 0 Å². The SMILES string of the molecule is O=C(COc1cccnc1Cl)NCC1CCC1. The fraction of sp³-hybridized carbons (Fsp3) is 0.500. The molecule has 1 aliphatic rings. The van der Waals surface area contributed by atoms with Gasteiger partial charge in [-0.15, -0.1) is 0 Å². The van der Waals surface area contributed by atoms with Crippen LogP contribution in [0, 0.1) is 5.92 Å². The summed E-state index contributed by atoms with van der Waals surface area (Å²) in [6.45, 7) is 0.737. The fourth-order valence-corrected chi connectivity index (χ4v) is 1.80. The minimum atomic E-state index is -0.114. The molecular formula is C12H15ClN2O2. The molecule has 1 fully saturated rings. The average molecular weight is 255 g/mol. The van der Waals surface area contributed by atoms with Gasteiger partial charge < -0.3 is 10.1 Å². The van der Waals surface area contributed by atoms with E-state index in [1.807, 2.05) is 0 Å². The van der Waals surface area contributed by atoms with Crippen molar-refractivity contribution < 1.29 is 9.53 Å². The van der Waals surface area contributed by atoms with Crippen LogP contribution in [0.15, 0.2) is 18.3 Å². The number of carbonyl (C=O) groups excluding carboxylic acids is 1. The van der Waals surface area contributed by atoms with E-state index in [0.717, 1.165) is 6.54 Å². The Morgan fingerprint density at radius 3 is 3.06 bits per heavy atom. The first-order valence-electron chi connectivity index (χ1n) is 5.75. The molecule has 0 atom stereocenters. The van der Waals surface area contributed by atoms with Gasteiger partial charge in [0.05, 0.1) is 0 Å². The zero-order chi connectivity index (χ0) is 12.1. The number of nitrogens with zero attached hydrogens (tertiary/aromatic N) is 1. The van der Waals surface area contributed by atoms with Gasteiger partial charge in [0.25, 0.3) is 5.91 Å². The van der Waals surface area contributed by atoms with Crippen molar-refractivity contribution in [3.8, 4) is 5.75 Å². The normalized spacial score (nSPS) is 15.1. The Bertz CT molecular complexity index is 394. The van der Waals surface area contributed by atoms with Crippen molar-refractivity contribution >= 4 is 17.5 Å². The molecule has 0 radical (unpaired) electrons. The average Bonchev–Trinajstić information content (AvgIpc) is 2.26. The summed E-state index contributed by atoms with van der Waals surface area (Å²) in [7, 11) is 0. The lowest BCUT2D eigenvalue weighted by Crippen LogP contribution is -2.35. The van der Waals surface area contributed by atoms with Crippen LogP contribution in [-0.4, -0.2) is 24.0 Å². The number of carbonyl (C=O) groups is 1. The molecule has 1 aromatic heterocycles. The number of rotatable bonds is 5. The number of ether oxygens (including phenoxy) is 1. The van der Waals surface area contributed by atoms with E-state index in [9.17, 15) is 4.79 Å². The molecule has 2 rings (SSSR count). The molecule has 1 saturated carbocycles. The van der Waals surface area contributed by atoms with Gasteiger partial charge in [0, 0.05) is 12.7 Å². The van der Waals surface area contributed by atoms with Crippen LogP contribution in [0.5, 0.6) is 5.75 Å². The Labute approximate surface area is 105 Å². The number of pyridine rings is 1. The van der Waals surface area contributed by atoms with Crippen LogP contribution in [-0.2, 0) is 4.79 Å². The predicted molar refractivity (Wildman–Crippen MR) is 65.1 cm³/mol. The molecule has 0 unspecified atom stereocenters. The van der Waals surface area contributed by atoms with Gasteiger partial charge in [-0.25, -0.2) is 4.98 Å². The van der Waals surface area contributed by atoms with Crippen LogP contribution in [0.4, 0.5) is 0 Å². The third-order valence-electron chi connectivity index (χ3n) is 2.90. The zero-order valence-electron chi connectivity index (χ0n) is 9.49. The van der Waals surface area contributed by atoms with Crippen molar-refractivity contribution in [3.05, 3.63) is 23.5 Å². The highest BCUT2D eigenvalue weighted by Gasteiger charge is 2.17. The van der Waals surface area contributed by atoms with E-state index in [1.54, 1.807) is 18.3 Å². The zero-order valence-corrected chi connectivity index (χ0v) is 10.2. The first-order valence-corrected chi connectivity index (χ1v) is 6.13. The van der Waals surface area contributed by atoms with Crippen LogP contribution in [0.3, 0.4) is 0 Å². The Morgan fingerprint density at radius 1 is 1.59 bits per heavy atom. The number of nitrogens with one attached hydrogen (secondary N) is 1. The van der Waals surface area contributed by atoms with Crippen LogP contribution < -0.4 is 10.1 Å². The van der Waals surface area contributed by atoms with E-state index in [1.165, 1.54) is 19.3 Å². The summed E-state index contributed by atoms with van der Waals surface area (Å²) in [6.07, 6.45) is 5.29. The van der Waals surface area contributed by atoms with Crippen LogP contribution in [0.1, 0.15) is 19.3 Å². The Kier molecular flexibility index (Phi) is 4.20. The van der Waals surface area contributed by atoms with E-state index in [-0.39, 0.29) is 17.7 Å². The lowest BCUT2D eigenvalue weighted by molar-refractivity contribution is -0.123. The van der Waals surface area contributed by atoms with Crippen LogP contribution in [0.2, 0.25) is 5.15 Å². The summed E-state index contributed by atoms with van der Waals surface area (Å²) < 4.78 is 5.28. The van der Waals surface area contributed by atoms with Gasteiger partial charge in [0.15, 0.2) is 17.5 Å². The molecule has 17 heavy (non-hydrogen) atoms. The van der Waals surface area contributed by atoms with Gasteiger partial charge in [-0.3, -0.25) is 4.79 Å². The van der Waals surface area contributed by atoms with Crippen LogP contribution in [0.25, 0.3) is 0 Å². The van der Waals surface area contributed by atoms with Gasteiger partial charge in [-0.05, 0) is 30.9 Å². The molecule has 0 aromatic carbocycles. The minimum absolute atomic E-state index is 0.0157. The number of aromatic nitrogens is 1. The van der Waals surface area contributed by atoms with Gasteiger partial charge in [-0.2, -0.15) is 0 Å². The lowest BCUT2D eigenvalue weighted by atomic mass is 9.85. The molecule has 1 aromatic rings. The topological polar surface area (TPSA) is 51.2 Å². The van der Waals surface area contributed by atoms with Crippen molar-refractivity contribution in [2.24, 2.45) is 5.92 Å². The van der Waals surface area contributed by atoms with Crippen molar-refractivity contribution in [2.75, 3.05) is 13.2 Å². The second-order valence-electron chi connectivity index (χ2n) is 4.18. The van der Waals surface area contributed by atoms with Crippen molar-refractivity contribution in [3.63, 3.8) is 0 Å². The molecule has 0 bridgehead atoms. The van der Waals surface area contributed by atoms with E-state index < -0.39 is 0 Å². The number of amides is 1. The second kappa shape index (κ2) is 5.87. The molecule has 0 spiro atoms. The highest BCUT2D eigenvalue weighted by molar-refractivity contribution is 6.30. The molecule has 1 heterocycles. The summed E-state index contributed by atoms with van der Waals surface area (Å²) in [5.41, 5.74) is 0. The minimum Gasteiger partial charge on any atom is -0.481 e. The Balaban J connectivity index is 1.70. The number of halogens is 1. The maximum absolute atomic E-state index is 11.5. The summed E-state index contributed by atoms with van der Waals surface area (Å²) in [5, 5.41) is 3.12. The second-order valence-corrected chi connectivity index (χ2v) is 4.54.